The van der Waals surface area contributed by atoms with E-state index in [-0.39, 0.29) is 35.2 Å². The number of aromatic nitrogens is 1. The zero-order chi connectivity index (χ0) is 17.2. The highest BCUT2D eigenvalue weighted by Crippen LogP contribution is 2.47. The van der Waals surface area contributed by atoms with Crippen LogP contribution >= 0.6 is 35.3 Å². The van der Waals surface area contributed by atoms with Gasteiger partial charge in [-0.3, -0.25) is 4.99 Å². The first-order valence-electron chi connectivity index (χ1n) is 8.16. The van der Waals surface area contributed by atoms with E-state index in [1.54, 1.807) is 18.4 Å². The number of benzene rings is 1. The molecule has 0 unspecified atom stereocenters. The molecule has 0 radical (unpaired) electrons. The molecular weight excluding hydrogens is 450 g/mol. The van der Waals surface area contributed by atoms with Crippen molar-refractivity contribution in [1.29, 1.82) is 0 Å². The third-order valence-corrected chi connectivity index (χ3v) is 5.68. The van der Waals surface area contributed by atoms with E-state index in [0.717, 1.165) is 36.0 Å². The normalized spacial score (nSPS) is 15.4. The first-order chi connectivity index (χ1) is 11.5. The lowest BCUT2D eigenvalue weighted by Gasteiger charge is -2.19. The van der Waals surface area contributed by atoms with Crippen molar-refractivity contribution in [3.8, 4) is 0 Å². The minimum Gasteiger partial charge on any atom is -0.356 e. The zero-order valence-electron chi connectivity index (χ0n) is 14.7. The van der Waals surface area contributed by atoms with Crippen LogP contribution in [0, 0.1) is 19.7 Å². The van der Waals surface area contributed by atoms with Crippen molar-refractivity contribution >= 4 is 41.3 Å². The van der Waals surface area contributed by atoms with Gasteiger partial charge >= 0.3 is 0 Å². The highest BCUT2D eigenvalue weighted by atomic mass is 127. The van der Waals surface area contributed by atoms with Crippen molar-refractivity contribution < 1.29 is 4.39 Å². The molecule has 1 aromatic carbocycles. The molecule has 1 aliphatic rings. The molecule has 0 bridgehead atoms. The molecule has 0 spiro atoms. The van der Waals surface area contributed by atoms with Crippen LogP contribution in [0.5, 0.6) is 0 Å². The van der Waals surface area contributed by atoms with Gasteiger partial charge in [0, 0.05) is 23.9 Å². The van der Waals surface area contributed by atoms with Gasteiger partial charge in [0.2, 0.25) is 0 Å². The molecule has 0 saturated heterocycles. The number of halogens is 2. The summed E-state index contributed by atoms with van der Waals surface area (Å²) in [6.07, 6.45) is 2.24. The Morgan fingerprint density at radius 3 is 2.44 bits per heavy atom. The van der Waals surface area contributed by atoms with Crippen molar-refractivity contribution in [2.75, 3.05) is 13.6 Å². The van der Waals surface area contributed by atoms with E-state index in [2.05, 4.69) is 27.5 Å². The lowest BCUT2D eigenvalue weighted by molar-refractivity contribution is 0.617. The Morgan fingerprint density at radius 2 is 1.92 bits per heavy atom. The molecular formula is C18H24FIN4S. The summed E-state index contributed by atoms with van der Waals surface area (Å²) in [5, 5.41) is 7.78. The average Bonchev–Trinajstić information content (AvgIpc) is 3.29. The van der Waals surface area contributed by atoms with Gasteiger partial charge in [0.25, 0.3) is 0 Å². The molecule has 2 N–H and O–H groups in total. The van der Waals surface area contributed by atoms with Gasteiger partial charge in [0.15, 0.2) is 5.96 Å². The Bertz CT molecular complexity index is 719. The number of hydrogen-bond donors (Lipinski definition) is 2. The van der Waals surface area contributed by atoms with Crippen LogP contribution in [0.2, 0.25) is 0 Å². The molecule has 25 heavy (non-hydrogen) atoms. The largest absolute Gasteiger partial charge is 0.356 e. The van der Waals surface area contributed by atoms with E-state index >= 15 is 0 Å². The van der Waals surface area contributed by atoms with Crippen LogP contribution in [0.25, 0.3) is 0 Å². The van der Waals surface area contributed by atoms with Crippen LogP contribution in [0.15, 0.2) is 29.3 Å². The predicted molar refractivity (Wildman–Crippen MR) is 113 cm³/mol. The fourth-order valence-electron chi connectivity index (χ4n) is 2.77. The standard InChI is InChI=1S/C18H23FN4S.HI/c1-12-13(2)24-16(23-12)10-21-17(20-3)22-11-18(8-9-18)14-4-6-15(19)7-5-14;/h4-7H,8-11H2,1-3H3,(H2,20,21,22);1H. The molecule has 1 fully saturated rings. The van der Waals surface area contributed by atoms with E-state index in [9.17, 15) is 4.39 Å². The summed E-state index contributed by atoms with van der Waals surface area (Å²) < 4.78 is 13.1. The maximum absolute atomic E-state index is 13.1. The van der Waals surface area contributed by atoms with Crippen molar-refractivity contribution in [2.24, 2.45) is 4.99 Å². The minimum absolute atomic E-state index is 0. The fraction of sp³-hybridized carbons (Fsp3) is 0.444. The van der Waals surface area contributed by atoms with Gasteiger partial charge in [-0.2, -0.15) is 0 Å². The second-order valence-corrected chi connectivity index (χ2v) is 7.60. The van der Waals surface area contributed by atoms with Crippen LogP contribution in [-0.2, 0) is 12.0 Å². The Morgan fingerprint density at radius 1 is 1.24 bits per heavy atom. The number of hydrogen-bond acceptors (Lipinski definition) is 3. The van der Waals surface area contributed by atoms with Gasteiger partial charge in [-0.15, -0.1) is 35.3 Å². The molecule has 1 aliphatic carbocycles. The maximum atomic E-state index is 13.1. The second-order valence-electron chi connectivity index (χ2n) is 6.32. The molecule has 0 atom stereocenters. The summed E-state index contributed by atoms with van der Waals surface area (Å²) in [5.41, 5.74) is 2.39. The van der Waals surface area contributed by atoms with Gasteiger partial charge in [-0.25, -0.2) is 9.37 Å². The monoisotopic (exact) mass is 474 g/mol. The van der Waals surface area contributed by atoms with E-state index in [0.29, 0.717) is 6.54 Å². The second kappa shape index (κ2) is 8.44. The van der Waals surface area contributed by atoms with Crippen LogP contribution in [0.4, 0.5) is 4.39 Å². The van der Waals surface area contributed by atoms with Gasteiger partial charge in [0.05, 0.1) is 12.2 Å². The highest BCUT2D eigenvalue weighted by molar-refractivity contribution is 14.0. The molecule has 7 heteroatoms. The van der Waals surface area contributed by atoms with Crippen molar-refractivity contribution in [1.82, 2.24) is 15.6 Å². The number of rotatable bonds is 5. The summed E-state index contributed by atoms with van der Waals surface area (Å²) in [6.45, 7) is 5.59. The van der Waals surface area contributed by atoms with Gasteiger partial charge in [-0.1, -0.05) is 12.1 Å². The van der Waals surface area contributed by atoms with Crippen LogP contribution < -0.4 is 10.6 Å². The number of nitrogens with zero attached hydrogens (tertiary/aromatic N) is 2. The first-order valence-corrected chi connectivity index (χ1v) is 8.97. The van der Waals surface area contributed by atoms with Crippen molar-refractivity contribution in [3.05, 3.63) is 51.2 Å². The van der Waals surface area contributed by atoms with Gasteiger partial charge in [0.1, 0.15) is 10.8 Å². The molecule has 0 aliphatic heterocycles. The Labute approximate surface area is 169 Å². The number of nitrogens with one attached hydrogen (secondary N) is 2. The lowest BCUT2D eigenvalue weighted by atomic mass is 9.96. The molecule has 136 valence electrons. The topological polar surface area (TPSA) is 49.3 Å². The van der Waals surface area contributed by atoms with Crippen LogP contribution in [-0.4, -0.2) is 24.5 Å². The number of guanidine groups is 1. The first kappa shape index (κ1) is 20.1. The molecule has 4 nitrogen and oxygen atoms in total. The smallest absolute Gasteiger partial charge is 0.191 e. The van der Waals surface area contributed by atoms with Crippen LogP contribution in [0.1, 0.15) is 34.0 Å². The van der Waals surface area contributed by atoms with Crippen LogP contribution in [0.3, 0.4) is 0 Å². The molecule has 1 aromatic heterocycles. The van der Waals surface area contributed by atoms with E-state index in [1.165, 1.54) is 22.6 Å². The summed E-state index contributed by atoms with van der Waals surface area (Å²) in [4.78, 5) is 10.1. The van der Waals surface area contributed by atoms with Gasteiger partial charge in [-0.05, 0) is 44.4 Å². The third-order valence-electron chi connectivity index (χ3n) is 4.61. The number of aryl methyl sites for hydroxylation is 2. The zero-order valence-corrected chi connectivity index (χ0v) is 17.9. The summed E-state index contributed by atoms with van der Waals surface area (Å²) >= 11 is 1.71. The molecule has 1 saturated carbocycles. The third kappa shape index (κ3) is 4.91. The molecule has 2 aromatic rings. The SMILES string of the molecule is CN=C(NCc1nc(C)c(C)s1)NCC1(c2ccc(F)cc2)CC1.I. The Balaban J connectivity index is 0.00000225. The lowest BCUT2D eigenvalue weighted by Crippen LogP contribution is -2.40. The average molecular weight is 474 g/mol. The number of thiazole rings is 1. The Hall–Kier alpha value is -1.22. The Kier molecular flexibility index (Phi) is 6.79. The summed E-state index contributed by atoms with van der Waals surface area (Å²) in [5.74, 6) is 0.586. The highest BCUT2D eigenvalue weighted by Gasteiger charge is 2.44. The maximum Gasteiger partial charge on any atom is 0.191 e. The molecule has 1 heterocycles. The number of aliphatic imine (C=N–C) groups is 1. The van der Waals surface area contributed by atoms with E-state index < -0.39 is 0 Å². The van der Waals surface area contributed by atoms with E-state index in [1.807, 2.05) is 19.1 Å². The summed E-state index contributed by atoms with van der Waals surface area (Å²) in [7, 11) is 1.77. The van der Waals surface area contributed by atoms with E-state index in [4.69, 9.17) is 0 Å². The van der Waals surface area contributed by atoms with Gasteiger partial charge < -0.3 is 10.6 Å². The fourth-order valence-corrected chi connectivity index (χ4v) is 3.64. The predicted octanol–water partition coefficient (Wildman–Crippen LogP) is 3.91. The van der Waals surface area contributed by atoms with Crippen molar-refractivity contribution in [2.45, 2.75) is 38.6 Å². The quantitative estimate of drug-likeness (QED) is 0.393. The molecule has 3 rings (SSSR count). The minimum atomic E-state index is -0.186. The molecule has 0 amide bonds. The summed E-state index contributed by atoms with van der Waals surface area (Å²) in [6, 6.07) is 6.86. The van der Waals surface area contributed by atoms with Crippen molar-refractivity contribution in [3.63, 3.8) is 0 Å².